The molecule has 4 rings (SSSR count). The van der Waals surface area contributed by atoms with E-state index in [0.29, 0.717) is 13.1 Å². The van der Waals surface area contributed by atoms with E-state index in [0.717, 1.165) is 64.6 Å². The van der Waals surface area contributed by atoms with Crippen LogP contribution in [0.3, 0.4) is 0 Å². The van der Waals surface area contributed by atoms with E-state index in [1.165, 1.54) is 16.9 Å². The van der Waals surface area contributed by atoms with E-state index in [2.05, 4.69) is 52.2 Å². The predicted molar refractivity (Wildman–Crippen MR) is 135 cm³/mol. The van der Waals surface area contributed by atoms with Crippen LogP contribution in [0.15, 0.2) is 48.8 Å². The first-order valence-electron chi connectivity index (χ1n) is 11.5. The number of ether oxygens (including phenoxy) is 1. The van der Waals surface area contributed by atoms with Crippen LogP contribution in [-0.4, -0.2) is 53.6 Å². The number of fused-ring (bicyclic) bond motifs is 1. The smallest absolute Gasteiger partial charge is 0.264 e. The maximum absolute atomic E-state index is 13.3. The highest BCUT2D eigenvalue weighted by molar-refractivity contribution is 7.20. The Hall–Kier alpha value is -2.77. The zero-order chi connectivity index (χ0) is 23.4. The van der Waals surface area contributed by atoms with Crippen molar-refractivity contribution in [3.63, 3.8) is 0 Å². The molecule has 1 amide bonds. The lowest BCUT2D eigenvalue weighted by Crippen LogP contribution is -2.40. The zero-order valence-corrected chi connectivity index (χ0v) is 20.5. The molecule has 0 atom stereocenters. The van der Waals surface area contributed by atoms with E-state index in [9.17, 15) is 4.79 Å². The first-order chi connectivity index (χ1) is 15.9. The van der Waals surface area contributed by atoms with Crippen LogP contribution in [0.2, 0.25) is 0 Å². The van der Waals surface area contributed by atoms with Gasteiger partial charge in [-0.1, -0.05) is 42.5 Å². The Morgan fingerprint density at radius 3 is 2.64 bits per heavy atom. The van der Waals surface area contributed by atoms with Gasteiger partial charge < -0.3 is 15.0 Å². The van der Waals surface area contributed by atoms with Crippen LogP contribution < -0.4 is 5.32 Å². The highest BCUT2D eigenvalue weighted by Gasteiger charge is 2.34. The number of aryl methyl sites for hydroxylation is 1. The van der Waals surface area contributed by atoms with Crippen LogP contribution in [-0.2, 0) is 10.2 Å². The fourth-order valence-electron chi connectivity index (χ4n) is 4.58. The van der Waals surface area contributed by atoms with Crippen molar-refractivity contribution < 1.29 is 9.53 Å². The van der Waals surface area contributed by atoms with Gasteiger partial charge >= 0.3 is 0 Å². The van der Waals surface area contributed by atoms with E-state index >= 15 is 0 Å². The molecule has 0 unspecified atom stereocenters. The molecule has 1 aromatic carbocycles. The lowest BCUT2D eigenvalue weighted by molar-refractivity contribution is 0.0543. The van der Waals surface area contributed by atoms with Gasteiger partial charge in [-0.2, -0.15) is 0 Å². The Balaban J connectivity index is 1.65. The van der Waals surface area contributed by atoms with Crippen molar-refractivity contribution in [2.75, 3.05) is 38.2 Å². The Morgan fingerprint density at radius 1 is 1.24 bits per heavy atom. The molecule has 33 heavy (non-hydrogen) atoms. The van der Waals surface area contributed by atoms with Gasteiger partial charge in [-0.25, -0.2) is 9.97 Å². The molecule has 0 aliphatic carbocycles. The number of nitrogens with one attached hydrogen (secondary N) is 1. The quantitative estimate of drug-likeness (QED) is 0.464. The molecule has 1 aliphatic rings. The summed E-state index contributed by atoms with van der Waals surface area (Å²) >= 11 is 1.44. The monoisotopic (exact) mass is 464 g/mol. The minimum Gasteiger partial charge on any atom is -0.381 e. The van der Waals surface area contributed by atoms with Crippen molar-refractivity contribution in [1.82, 2.24) is 14.9 Å². The summed E-state index contributed by atoms with van der Waals surface area (Å²) in [5, 5.41) is 4.56. The van der Waals surface area contributed by atoms with Crippen LogP contribution >= 0.6 is 11.3 Å². The van der Waals surface area contributed by atoms with Crippen LogP contribution in [0.4, 0.5) is 5.82 Å². The highest BCUT2D eigenvalue weighted by atomic mass is 32.1. The maximum Gasteiger partial charge on any atom is 0.264 e. The number of amides is 1. The Bertz CT molecular complexity index is 1140. The number of anilines is 1. The van der Waals surface area contributed by atoms with Crippen molar-refractivity contribution in [3.05, 3.63) is 64.8 Å². The van der Waals surface area contributed by atoms with E-state index in [4.69, 9.17) is 4.74 Å². The molecule has 7 heteroatoms. The molecular formula is C26H32N4O2S. The lowest BCUT2D eigenvalue weighted by Gasteiger charge is -2.38. The second-order valence-electron chi connectivity index (χ2n) is 8.85. The van der Waals surface area contributed by atoms with E-state index < -0.39 is 0 Å². The minimum absolute atomic E-state index is 0.0140. The van der Waals surface area contributed by atoms with Crippen molar-refractivity contribution in [3.8, 4) is 0 Å². The number of carbonyl (C=O) groups excluding carboxylic acids is 1. The van der Waals surface area contributed by atoms with Crippen molar-refractivity contribution in [2.24, 2.45) is 0 Å². The second-order valence-corrected chi connectivity index (χ2v) is 9.85. The van der Waals surface area contributed by atoms with Gasteiger partial charge in [0, 0.05) is 38.3 Å². The fraction of sp³-hybridized carbons (Fsp3) is 0.423. The van der Waals surface area contributed by atoms with Crippen molar-refractivity contribution >= 4 is 33.3 Å². The van der Waals surface area contributed by atoms with Gasteiger partial charge in [0.2, 0.25) is 0 Å². The molecule has 6 nitrogen and oxygen atoms in total. The number of nitrogens with zero attached hydrogens (tertiary/aromatic N) is 3. The van der Waals surface area contributed by atoms with Crippen molar-refractivity contribution in [1.29, 1.82) is 0 Å². The molecular weight excluding hydrogens is 432 g/mol. The molecule has 1 saturated heterocycles. The Morgan fingerprint density at radius 2 is 1.97 bits per heavy atom. The van der Waals surface area contributed by atoms with Gasteiger partial charge in [0.05, 0.1) is 10.3 Å². The predicted octanol–water partition coefficient (Wildman–Crippen LogP) is 5.20. The van der Waals surface area contributed by atoms with E-state index in [-0.39, 0.29) is 11.3 Å². The largest absolute Gasteiger partial charge is 0.381 e. The second kappa shape index (κ2) is 10.0. The number of benzene rings is 1. The summed E-state index contributed by atoms with van der Waals surface area (Å²) in [5.41, 5.74) is 3.21. The third-order valence-electron chi connectivity index (χ3n) is 6.48. The zero-order valence-electron chi connectivity index (χ0n) is 19.7. The average Bonchev–Trinajstić information content (AvgIpc) is 3.19. The number of aromatic nitrogens is 2. The molecule has 3 aromatic rings. The molecule has 0 spiro atoms. The molecule has 1 fully saturated rings. The third kappa shape index (κ3) is 4.80. The van der Waals surface area contributed by atoms with Gasteiger partial charge in [-0.3, -0.25) is 4.79 Å². The van der Waals surface area contributed by atoms with Crippen LogP contribution in [0.25, 0.3) is 10.2 Å². The molecule has 0 bridgehead atoms. The van der Waals surface area contributed by atoms with Crippen LogP contribution in [0.5, 0.6) is 0 Å². The number of carbonyl (C=O) groups is 1. The highest BCUT2D eigenvalue weighted by Crippen LogP contribution is 2.37. The summed E-state index contributed by atoms with van der Waals surface area (Å²) in [6, 6.07) is 10.7. The van der Waals surface area contributed by atoms with Crippen molar-refractivity contribution in [2.45, 2.75) is 39.0 Å². The number of hydrogen-bond donors (Lipinski definition) is 1. The van der Waals surface area contributed by atoms with Gasteiger partial charge in [0.25, 0.3) is 5.91 Å². The molecule has 1 N–H and O–H groups in total. The average molecular weight is 465 g/mol. The Labute approximate surface area is 199 Å². The molecule has 0 saturated carbocycles. The van der Waals surface area contributed by atoms with Gasteiger partial charge in [-0.05, 0) is 44.7 Å². The SMILES string of the molecule is C=C(C)CN(CC)C(=O)c1sc2ncnc(NCC3(c4ccccc4)CCOCC3)c2c1C. The lowest BCUT2D eigenvalue weighted by atomic mass is 9.74. The number of likely N-dealkylation sites (N-methyl/N-ethyl adjacent to an activating group) is 1. The van der Waals surface area contributed by atoms with Gasteiger partial charge in [0.1, 0.15) is 17.0 Å². The molecule has 2 aromatic heterocycles. The molecule has 1 aliphatic heterocycles. The first kappa shape index (κ1) is 23.4. The fourth-order valence-corrected chi connectivity index (χ4v) is 5.70. The summed E-state index contributed by atoms with van der Waals surface area (Å²) in [5.74, 6) is 0.815. The first-order valence-corrected chi connectivity index (χ1v) is 12.3. The summed E-state index contributed by atoms with van der Waals surface area (Å²) in [7, 11) is 0. The number of thiophene rings is 1. The molecule has 0 radical (unpaired) electrons. The summed E-state index contributed by atoms with van der Waals surface area (Å²) in [4.78, 5) is 25.7. The topological polar surface area (TPSA) is 67.4 Å². The van der Waals surface area contributed by atoms with Crippen LogP contribution in [0.1, 0.15) is 47.5 Å². The standard InChI is InChI=1S/C26H32N4O2S/c1-5-30(15-18(2)3)25(31)22-19(4)21-23(28-17-29-24(21)33-22)27-16-26(11-13-32-14-12-26)20-9-7-6-8-10-20/h6-10,17H,2,5,11-16H2,1,3-4H3,(H,27,28,29). The molecule has 174 valence electrons. The minimum atomic E-state index is -0.0140. The maximum atomic E-state index is 13.3. The number of hydrogen-bond acceptors (Lipinski definition) is 6. The van der Waals surface area contributed by atoms with E-state index in [1.54, 1.807) is 6.33 Å². The van der Waals surface area contributed by atoms with Crippen LogP contribution in [0, 0.1) is 6.92 Å². The number of rotatable bonds is 8. The van der Waals surface area contributed by atoms with Gasteiger partial charge in [0.15, 0.2) is 0 Å². The normalized spacial score (nSPS) is 15.4. The van der Waals surface area contributed by atoms with Gasteiger partial charge in [-0.15, -0.1) is 11.3 Å². The Kier molecular flexibility index (Phi) is 7.10. The summed E-state index contributed by atoms with van der Waals surface area (Å²) in [6.07, 6.45) is 3.49. The summed E-state index contributed by atoms with van der Waals surface area (Å²) < 4.78 is 5.68. The summed E-state index contributed by atoms with van der Waals surface area (Å²) in [6.45, 7) is 13.3. The molecule has 3 heterocycles. The van der Waals surface area contributed by atoms with E-state index in [1.807, 2.05) is 25.7 Å². The third-order valence-corrected chi connectivity index (χ3v) is 7.67.